The second-order valence-electron chi connectivity index (χ2n) is 3.98. The number of nitrogens with zero attached hydrogens (tertiary/aromatic N) is 3. The summed E-state index contributed by atoms with van der Waals surface area (Å²) in [6.07, 6.45) is 3.36. The SMILES string of the molecule is O=C(Nc1ccc2nncn2c1)c1ccc(Br)cc1. The molecule has 0 bridgehead atoms. The minimum Gasteiger partial charge on any atom is -0.321 e. The molecule has 19 heavy (non-hydrogen) atoms. The van der Waals surface area contributed by atoms with Crippen LogP contribution in [0.3, 0.4) is 0 Å². The highest BCUT2D eigenvalue weighted by Gasteiger charge is 2.06. The first-order valence-corrected chi connectivity index (χ1v) is 6.38. The molecule has 6 heteroatoms. The van der Waals surface area contributed by atoms with Crippen LogP contribution in [0.1, 0.15) is 10.4 Å². The summed E-state index contributed by atoms with van der Waals surface area (Å²) in [7, 11) is 0. The Morgan fingerprint density at radius 3 is 2.74 bits per heavy atom. The zero-order chi connectivity index (χ0) is 13.2. The number of anilines is 1. The lowest BCUT2D eigenvalue weighted by Crippen LogP contribution is -2.12. The molecule has 0 unspecified atom stereocenters. The van der Waals surface area contributed by atoms with Gasteiger partial charge in [0, 0.05) is 16.2 Å². The van der Waals surface area contributed by atoms with Gasteiger partial charge >= 0.3 is 0 Å². The highest BCUT2D eigenvalue weighted by molar-refractivity contribution is 9.10. The van der Waals surface area contributed by atoms with Gasteiger partial charge in [0.05, 0.1) is 5.69 Å². The van der Waals surface area contributed by atoms with Crippen molar-refractivity contribution in [2.24, 2.45) is 0 Å². The molecule has 3 aromatic rings. The van der Waals surface area contributed by atoms with Gasteiger partial charge in [-0.2, -0.15) is 0 Å². The standard InChI is InChI=1S/C13H9BrN4O/c14-10-3-1-9(2-4-10)13(19)16-11-5-6-12-17-15-8-18(12)7-11/h1-8H,(H,16,19). The van der Waals surface area contributed by atoms with E-state index >= 15 is 0 Å². The van der Waals surface area contributed by atoms with Crippen LogP contribution in [0.5, 0.6) is 0 Å². The van der Waals surface area contributed by atoms with Crippen LogP contribution < -0.4 is 5.32 Å². The van der Waals surface area contributed by atoms with Crippen molar-refractivity contribution in [2.75, 3.05) is 5.32 Å². The maximum absolute atomic E-state index is 12.0. The van der Waals surface area contributed by atoms with E-state index in [1.807, 2.05) is 12.1 Å². The van der Waals surface area contributed by atoms with Gasteiger partial charge in [0.1, 0.15) is 6.33 Å². The second-order valence-corrected chi connectivity index (χ2v) is 4.89. The highest BCUT2D eigenvalue weighted by Crippen LogP contribution is 2.13. The van der Waals surface area contributed by atoms with Gasteiger partial charge < -0.3 is 5.32 Å². The molecule has 0 saturated heterocycles. The second kappa shape index (κ2) is 4.81. The Balaban J connectivity index is 1.83. The zero-order valence-corrected chi connectivity index (χ0v) is 11.3. The minimum atomic E-state index is -0.153. The third-order valence-electron chi connectivity index (χ3n) is 2.66. The van der Waals surface area contributed by atoms with Crippen LogP contribution in [0.25, 0.3) is 5.65 Å². The molecule has 0 aliphatic rings. The van der Waals surface area contributed by atoms with Gasteiger partial charge in [0.15, 0.2) is 5.65 Å². The number of nitrogens with one attached hydrogen (secondary N) is 1. The Bertz CT molecular complexity index is 736. The van der Waals surface area contributed by atoms with E-state index in [0.29, 0.717) is 11.3 Å². The molecule has 1 amide bonds. The highest BCUT2D eigenvalue weighted by atomic mass is 79.9. The maximum atomic E-state index is 12.0. The summed E-state index contributed by atoms with van der Waals surface area (Å²) in [5, 5.41) is 10.5. The number of hydrogen-bond acceptors (Lipinski definition) is 3. The molecular formula is C13H9BrN4O. The summed E-state index contributed by atoms with van der Waals surface area (Å²) < 4.78 is 2.69. The first-order valence-electron chi connectivity index (χ1n) is 5.59. The smallest absolute Gasteiger partial charge is 0.255 e. The number of fused-ring (bicyclic) bond motifs is 1. The number of hydrogen-bond donors (Lipinski definition) is 1. The lowest BCUT2D eigenvalue weighted by molar-refractivity contribution is 0.102. The van der Waals surface area contributed by atoms with Crippen molar-refractivity contribution in [3.8, 4) is 0 Å². The van der Waals surface area contributed by atoms with Gasteiger partial charge in [0.2, 0.25) is 0 Å². The van der Waals surface area contributed by atoms with Crippen LogP contribution >= 0.6 is 15.9 Å². The number of amides is 1. The average molecular weight is 317 g/mol. The van der Waals surface area contributed by atoms with Crippen LogP contribution in [-0.2, 0) is 0 Å². The number of carbonyl (C=O) groups excluding carboxylic acids is 1. The molecule has 0 fully saturated rings. The number of aromatic nitrogens is 3. The van der Waals surface area contributed by atoms with Crippen LogP contribution in [0.4, 0.5) is 5.69 Å². The average Bonchev–Trinajstić information content (AvgIpc) is 2.87. The fraction of sp³-hybridized carbons (Fsp3) is 0. The Morgan fingerprint density at radius 2 is 1.95 bits per heavy atom. The summed E-state index contributed by atoms with van der Waals surface area (Å²) in [5.74, 6) is -0.153. The van der Waals surface area contributed by atoms with E-state index in [0.717, 1.165) is 10.1 Å². The van der Waals surface area contributed by atoms with Gasteiger partial charge in [-0.05, 0) is 36.4 Å². The summed E-state index contributed by atoms with van der Waals surface area (Å²) >= 11 is 3.34. The van der Waals surface area contributed by atoms with Crippen LogP contribution in [0.15, 0.2) is 53.4 Å². The molecule has 3 rings (SSSR count). The number of benzene rings is 1. The predicted octanol–water partition coefficient (Wildman–Crippen LogP) is 2.74. The molecule has 2 heterocycles. The molecule has 0 atom stereocenters. The van der Waals surface area contributed by atoms with E-state index in [2.05, 4.69) is 31.4 Å². The van der Waals surface area contributed by atoms with Crippen molar-refractivity contribution in [3.63, 3.8) is 0 Å². The van der Waals surface area contributed by atoms with Gasteiger partial charge in [-0.15, -0.1) is 10.2 Å². The van der Waals surface area contributed by atoms with Crippen molar-refractivity contribution < 1.29 is 4.79 Å². The first-order chi connectivity index (χ1) is 9.22. The fourth-order valence-corrected chi connectivity index (χ4v) is 1.97. The van der Waals surface area contributed by atoms with Crippen LogP contribution in [-0.4, -0.2) is 20.5 Å². The minimum absolute atomic E-state index is 0.153. The van der Waals surface area contributed by atoms with E-state index in [9.17, 15) is 4.79 Å². The first kappa shape index (κ1) is 11.9. The number of halogens is 1. The monoisotopic (exact) mass is 316 g/mol. The van der Waals surface area contributed by atoms with Gasteiger partial charge in [-0.25, -0.2) is 0 Å². The van der Waals surface area contributed by atoms with Crippen molar-refractivity contribution >= 4 is 33.2 Å². The molecule has 1 N–H and O–H groups in total. The summed E-state index contributed by atoms with van der Waals surface area (Å²) in [5.41, 5.74) is 2.04. The normalized spacial score (nSPS) is 10.6. The number of carbonyl (C=O) groups is 1. The Kier molecular flexibility index (Phi) is 3.00. The van der Waals surface area contributed by atoms with Crippen molar-refractivity contribution in [3.05, 3.63) is 59.0 Å². The van der Waals surface area contributed by atoms with Gasteiger partial charge in [0.25, 0.3) is 5.91 Å². The molecular weight excluding hydrogens is 308 g/mol. The molecule has 0 radical (unpaired) electrons. The quantitative estimate of drug-likeness (QED) is 0.790. The largest absolute Gasteiger partial charge is 0.321 e. The van der Waals surface area contributed by atoms with Gasteiger partial charge in [-0.3, -0.25) is 9.20 Å². The fourth-order valence-electron chi connectivity index (χ4n) is 1.71. The molecule has 5 nitrogen and oxygen atoms in total. The van der Waals surface area contributed by atoms with E-state index in [1.54, 1.807) is 41.2 Å². The molecule has 0 aliphatic heterocycles. The van der Waals surface area contributed by atoms with Gasteiger partial charge in [-0.1, -0.05) is 15.9 Å². The third kappa shape index (κ3) is 2.48. The Labute approximate surface area is 117 Å². The van der Waals surface area contributed by atoms with Crippen LogP contribution in [0.2, 0.25) is 0 Å². The Hall–Kier alpha value is -2.21. The molecule has 0 aliphatic carbocycles. The van der Waals surface area contributed by atoms with Crippen molar-refractivity contribution in [1.82, 2.24) is 14.6 Å². The van der Waals surface area contributed by atoms with E-state index in [1.165, 1.54) is 0 Å². The molecule has 1 aromatic carbocycles. The molecule has 0 saturated carbocycles. The number of rotatable bonds is 2. The van der Waals surface area contributed by atoms with E-state index in [4.69, 9.17) is 0 Å². The van der Waals surface area contributed by atoms with E-state index < -0.39 is 0 Å². The summed E-state index contributed by atoms with van der Waals surface area (Å²) in [4.78, 5) is 12.0. The van der Waals surface area contributed by atoms with Crippen molar-refractivity contribution in [1.29, 1.82) is 0 Å². The topological polar surface area (TPSA) is 59.3 Å². The maximum Gasteiger partial charge on any atom is 0.255 e. The summed E-state index contributed by atoms with van der Waals surface area (Å²) in [6, 6.07) is 10.8. The third-order valence-corrected chi connectivity index (χ3v) is 3.18. The lowest BCUT2D eigenvalue weighted by Gasteiger charge is -2.05. The summed E-state index contributed by atoms with van der Waals surface area (Å²) in [6.45, 7) is 0. The molecule has 94 valence electrons. The lowest BCUT2D eigenvalue weighted by atomic mass is 10.2. The molecule has 0 spiro atoms. The number of pyridine rings is 1. The van der Waals surface area contributed by atoms with Crippen molar-refractivity contribution in [2.45, 2.75) is 0 Å². The zero-order valence-electron chi connectivity index (χ0n) is 9.75. The van der Waals surface area contributed by atoms with E-state index in [-0.39, 0.29) is 5.91 Å². The molecule has 2 aromatic heterocycles. The van der Waals surface area contributed by atoms with Crippen LogP contribution in [0, 0.1) is 0 Å². The Morgan fingerprint density at radius 1 is 1.16 bits per heavy atom. The predicted molar refractivity (Wildman–Crippen MR) is 75.1 cm³/mol.